The molecule has 7 heteroatoms. The van der Waals surface area contributed by atoms with Crippen molar-refractivity contribution in [3.05, 3.63) is 71.9 Å². The van der Waals surface area contributed by atoms with E-state index in [9.17, 15) is 13.2 Å². The van der Waals surface area contributed by atoms with Crippen LogP contribution in [0.5, 0.6) is 0 Å². The van der Waals surface area contributed by atoms with Crippen LogP contribution in [-0.4, -0.2) is 25.4 Å². The molecule has 5 rings (SSSR count). The van der Waals surface area contributed by atoms with E-state index in [2.05, 4.69) is 40.6 Å². The molecule has 6 nitrogen and oxygen atoms in total. The first kappa shape index (κ1) is 26.4. The first-order valence-electron chi connectivity index (χ1n) is 13.8. The van der Waals surface area contributed by atoms with Crippen LogP contribution in [0.3, 0.4) is 0 Å². The largest absolute Gasteiger partial charge is 0.342 e. The molecule has 0 radical (unpaired) electrons. The standard InChI is InChI=1S/C31H37N3O3S/c1-22(2)34-28-15-8-7-14-26(28)27-21-24(18-19-29(27)34)33-31(35)17-4-3-9-20-32-38(36,37)30-16-10-12-23-11-5-6-13-25(23)30/h5-6,10-13,16,18-19,21-22,32H,3-4,7-9,14-15,17,20H2,1-2H3,(H,33,35). The zero-order valence-corrected chi connectivity index (χ0v) is 23.1. The lowest BCUT2D eigenvalue weighted by atomic mass is 9.95. The number of carbonyl (C=O) groups excluding carboxylic acids is 1. The summed E-state index contributed by atoms with van der Waals surface area (Å²) in [5.41, 5.74) is 5.01. The van der Waals surface area contributed by atoms with Crippen molar-refractivity contribution in [3.63, 3.8) is 0 Å². The van der Waals surface area contributed by atoms with Gasteiger partial charge in [-0.2, -0.15) is 0 Å². The van der Waals surface area contributed by atoms with Gasteiger partial charge in [0.25, 0.3) is 0 Å². The Labute approximate surface area is 225 Å². The number of carbonyl (C=O) groups is 1. The van der Waals surface area contributed by atoms with Crippen LogP contribution in [0.4, 0.5) is 5.69 Å². The number of nitrogens with zero attached hydrogens (tertiary/aromatic N) is 1. The minimum atomic E-state index is -3.59. The third kappa shape index (κ3) is 5.49. The highest BCUT2D eigenvalue weighted by atomic mass is 32.2. The fourth-order valence-electron chi connectivity index (χ4n) is 5.77. The van der Waals surface area contributed by atoms with Crippen LogP contribution in [-0.2, 0) is 27.7 Å². The fourth-order valence-corrected chi connectivity index (χ4v) is 7.07. The minimum absolute atomic E-state index is 0.00199. The van der Waals surface area contributed by atoms with Gasteiger partial charge < -0.3 is 9.88 Å². The zero-order chi connectivity index (χ0) is 26.7. The first-order valence-corrected chi connectivity index (χ1v) is 15.3. The van der Waals surface area contributed by atoms with E-state index < -0.39 is 10.0 Å². The van der Waals surface area contributed by atoms with Crippen LogP contribution < -0.4 is 10.0 Å². The molecule has 1 aliphatic rings. The summed E-state index contributed by atoms with van der Waals surface area (Å²) in [6.07, 6.45) is 7.27. The molecule has 2 N–H and O–H groups in total. The van der Waals surface area contributed by atoms with Gasteiger partial charge in [-0.05, 0) is 87.6 Å². The average Bonchev–Trinajstić information content (AvgIpc) is 3.24. The van der Waals surface area contributed by atoms with Gasteiger partial charge in [0, 0.05) is 46.7 Å². The Morgan fingerprint density at radius 2 is 1.71 bits per heavy atom. The van der Waals surface area contributed by atoms with Crippen molar-refractivity contribution in [3.8, 4) is 0 Å². The summed E-state index contributed by atoms with van der Waals surface area (Å²) in [5.74, 6) is -0.00199. The van der Waals surface area contributed by atoms with Gasteiger partial charge in [-0.1, -0.05) is 42.8 Å². The Morgan fingerprint density at radius 3 is 2.55 bits per heavy atom. The number of nitrogens with one attached hydrogen (secondary N) is 2. The van der Waals surface area contributed by atoms with E-state index >= 15 is 0 Å². The second kappa shape index (κ2) is 11.3. The van der Waals surface area contributed by atoms with E-state index in [4.69, 9.17) is 0 Å². The summed E-state index contributed by atoms with van der Waals surface area (Å²) >= 11 is 0. The maximum absolute atomic E-state index is 12.8. The molecule has 1 heterocycles. The van der Waals surface area contributed by atoms with Crippen LogP contribution in [0, 0.1) is 0 Å². The van der Waals surface area contributed by atoms with E-state index in [-0.39, 0.29) is 5.91 Å². The van der Waals surface area contributed by atoms with Crippen molar-refractivity contribution in [2.75, 3.05) is 11.9 Å². The summed E-state index contributed by atoms with van der Waals surface area (Å²) in [4.78, 5) is 12.9. The predicted octanol–water partition coefficient (Wildman–Crippen LogP) is 6.73. The number of anilines is 1. The Bertz CT molecular complexity index is 1570. The number of aryl methyl sites for hydroxylation is 1. The van der Waals surface area contributed by atoms with Crippen molar-refractivity contribution < 1.29 is 13.2 Å². The molecule has 0 saturated carbocycles. The third-order valence-electron chi connectivity index (χ3n) is 7.52. The Morgan fingerprint density at radius 1 is 0.921 bits per heavy atom. The van der Waals surface area contributed by atoms with E-state index in [1.165, 1.54) is 35.0 Å². The molecular weight excluding hydrogens is 494 g/mol. The van der Waals surface area contributed by atoms with Crippen LogP contribution in [0.25, 0.3) is 21.7 Å². The molecule has 1 aliphatic carbocycles. The number of hydrogen-bond acceptors (Lipinski definition) is 3. The van der Waals surface area contributed by atoms with E-state index in [0.717, 1.165) is 35.7 Å². The summed E-state index contributed by atoms with van der Waals surface area (Å²) in [5, 5.41) is 5.96. The lowest BCUT2D eigenvalue weighted by Crippen LogP contribution is -2.25. The maximum Gasteiger partial charge on any atom is 0.241 e. The second-order valence-corrected chi connectivity index (χ2v) is 12.3. The third-order valence-corrected chi connectivity index (χ3v) is 9.04. The van der Waals surface area contributed by atoms with Gasteiger partial charge >= 0.3 is 0 Å². The summed E-state index contributed by atoms with van der Waals surface area (Å²) in [7, 11) is -3.59. The van der Waals surface area contributed by atoms with Gasteiger partial charge in [0.05, 0.1) is 4.90 Å². The molecule has 0 bridgehead atoms. The van der Waals surface area contributed by atoms with Crippen LogP contribution in [0.2, 0.25) is 0 Å². The quantitative estimate of drug-likeness (QED) is 0.223. The van der Waals surface area contributed by atoms with Crippen molar-refractivity contribution in [1.82, 2.24) is 9.29 Å². The van der Waals surface area contributed by atoms with Crippen LogP contribution in [0.15, 0.2) is 65.6 Å². The molecule has 0 fully saturated rings. The smallest absolute Gasteiger partial charge is 0.241 e. The van der Waals surface area contributed by atoms with E-state index in [1.807, 2.05) is 36.4 Å². The van der Waals surface area contributed by atoms with Gasteiger partial charge in [0.1, 0.15) is 0 Å². The molecule has 3 aromatic carbocycles. The first-order chi connectivity index (χ1) is 18.3. The molecule has 0 spiro atoms. The minimum Gasteiger partial charge on any atom is -0.342 e. The van der Waals surface area contributed by atoms with Crippen molar-refractivity contribution in [2.24, 2.45) is 0 Å². The highest BCUT2D eigenvalue weighted by Gasteiger charge is 2.22. The van der Waals surface area contributed by atoms with E-state index in [1.54, 1.807) is 12.1 Å². The van der Waals surface area contributed by atoms with Gasteiger partial charge in [-0.3, -0.25) is 4.79 Å². The molecule has 0 atom stereocenters. The molecule has 0 aliphatic heterocycles. The molecule has 0 unspecified atom stereocenters. The average molecular weight is 532 g/mol. The number of sulfonamides is 1. The monoisotopic (exact) mass is 531 g/mol. The van der Waals surface area contributed by atoms with Gasteiger partial charge in [-0.15, -0.1) is 0 Å². The molecule has 200 valence electrons. The van der Waals surface area contributed by atoms with Crippen molar-refractivity contribution >= 4 is 43.3 Å². The second-order valence-electron chi connectivity index (χ2n) is 10.6. The van der Waals surface area contributed by atoms with Gasteiger partial charge in [0.2, 0.25) is 15.9 Å². The molecule has 1 aromatic heterocycles. The molecule has 38 heavy (non-hydrogen) atoms. The van der Waals surface area contributed by atoms with Crippen LogP contribution in [0.1, 0.15) is 69.7 Å². The molecule has 1 amide bonds. The predicted molar refractivity (Wildman–Crippen MR) is 155 cm³/mol. The van der Waals surface area contributed by atoms with Crippen LogP contribution >= 0.6 is 0 Å². The van der Waals surface area contributed by atoms with Crippen molar-refractivity contribution in [1.29, 1.82) is 0 Å². The lowest BCUT2D eigenvalue weighted by molar-refractivity contribution is -0.116. The maximum atomic E-state index is 12.8. The Balaban J connectivity index is 1.12. The molecular formula is C31H37N3O3S. The van der Waals surface area contributed by atoms with Gasteiger partial charge in [0.15, 0.2) is 0 Å². The topological polar surface area (TPSA) is 80.2 Å². The normalized spacial score (nSPS) is 13.8. The highest BCUT2D eigenvalue weighted by Crippen LogP contribution is 2.36. The van der Waals surface area contributed by atoms with E-state index in [0.29, 0.717) is 36.7 Å². The summed E-state index contributed by atoms with van der Waals surface area (Å²) < 4.78 is 30.8. The number of amides is 1. The Hall–Kier alpha value is -3.16. The summed E-state index contributed by atoms with van der Waals surface area (Å²) in [6.45, 7) is 4.82. The number of hydrogen-bond donors (Lipinski definition) is 2. The Kier molecular flexibility index (Phi) is 7.86. The molecule has 4 aromatic rings. The summed E-state index contributed by atoms with van der Waals surface area (Å²) in [6, 6.07) is 19.5. The molecule has 0 saturated heterocycles. The SMILES string of the molecule is CC(C)n1c2c(c3cc(NC(=O)CCCCCNS(=O)(=O)c4cccc5ccccc45)ccc31)CCCC2. The zero-order valence-electron chi connectivity index (χ0n) is 22.3. The number of unbranched alkanes of at least 4 members (excludes halogenated alkanes) is 2. The van der Waals surface area contributed by atoms with Crippen molar-refractivity contribution in [2.45, 2.75) is 76.2 Å². The number of rotatable bonds is 10. The highest BCUT2D eigenvalue weighted by molar-refractivity contribution is 7.89. The number of aromatic nitrogens is 1. The number of fused-ring (bicyclic) bond motifs is 4. The number of benzene rings is 3. The lowest BCUT2D eigenvalue weighted by Gasteiger charge is -2.18. The fraction of sp³-hybridized carbons (Fsp3) is 0.387. The van der Waals surface area contributed by atoms with Gasteiger partial charge in [-0.25, -0.2) is 13.1 Å².